The lowest BCUT2D eigenvalue weighted by Gasteiger charge is -2.28. The Bertz CT molecular complexity index is 826. The first-order valence-electron chi connectivity index (χ1n) is 11.0. The van der Waals surface area contributed by atoms with Crippen molar-refractivity contribution in [2.45, 2.75) is 52.1 Å². The average Bonchev–Trinajstić information content (AvgIpc) is 2.78. The van der Waals surface area contributed by atoms with Gasteiger partial charge in [-0.05, 0) is 57.4 Å². The highest BCUT2D eigenvalue weighted by Gasteiger charge is 2.24. The summed E-state index contributed by atoms with van der Waals surface area (Å²) in [6.45, 7) is 6.71. The van der Waals surface area contributed by atoms with Gasteiger partial charge in [0.25, 0.3) is 0 Å². The summed E-state index contributed by atoms with van der Waals surface area (Å²) in [6.07, 6.45) is 2.63. The fourth-order valence-corrected chi connectivity index (χ4v) is 3.45. The van der Waals surface area contributed by atoms with E-state index in [-0.39, 0.29) is 24.4 Å². The van der Waals surface area contributed by atoms with Gasteiger partial charge in [-0.1, -0.05) is 49.4 Å². The van der Waals surface area contributed by atoms with E-state index in [0.717, 1.165) is 19.3 Å². The van der Waals surface area contributed by atoms with Crippen molar-refractivity contribution in [1.82, 2.24) is 10.2 Å². The first-order chi connectivity index (χ1) is 14.9. The molecule has 2 atom stereocenters. The lowest BCUT2D eigenvalue weighted by molar-refractivity contribution is -0.127. The Morgan fingerprint density at radius 3 is 2.39 bits per heavy atom. The smallest absolute Gasteiger partial charge is 0.238 e. The van der Waals surface area contributed by atoms with Gasteiger partial charge in [0.2, 0.25) is 11.8 Å². The van der Waals surface area contributed by atoms with Crippen LogP contribution in [0.5, 0.6) is 5.75 Å². The quantitative estimate of drug-likeness (QED) is 0.542. The molecule has 2 aromatic carbocycles. The van der Waals surface area contributed by atoms with Crippen molar-refractivity contribution < 1.29 is 14.3 Å². The van der Waals surface area contributed by atoms with Crippen LogP contribution in [0.2, 0.25) is 0 Å². The number of carbonyl (C=O) groups is 2. The first kappa shape index (κ1) is 24.4. The van der Waals surface area contributed by atoms with Gasteiger partial charge in [0.05, 0.1) is 25.4 Å². The van der Waals surface area contributed by atoms with Gasteiger partial charge in [-0.25, -0.2) is 0 Å². The van der Waals surface area contributed by atoms with Gasteiger partial charge < -0.3 is 15.4 Å². The van der Waals surface area contributed by atoms with E-state index in [4.69, 9.17) is 4.74 Å². The second-order valence-electron chi connectivity index (χ2n) is 7.83. The van der Waals surface area contributed by atoms with Crippen LogP contribution >= 0.6 is 0 Å². The fourth-order valence-electron chi connectivity index (χ4n) is 3.45. The molecular formula is C25H35N3O3. The molecule has 0 aliphatic rings. The second-order valence-corrected chi connectivity index (χ2v) is 7.83. The molecule has 0 unspecified atom stereocenters. The van der Waals surface area contributed by atoms with Crippen LogP contribution in [-0.4, -0.2) is 49.0 Å². The zero-order valence-electron chi connectivity index (χ0n) is 19.1. The molecule has 2 amide bonds. The molecule has 0 radical (unpaired) electrons. The van der Waals surface area contributed by atoms with Gasteiger partial charge in [0, 0.05) is 6.04 Å². The third kappa shape index (κ3) is 8.06. The summed E-state index contributed by atoms with van der Waals surface area (Å²) in [5, 5.41) is 5.98. The maximum atomic E-state index is 12.8. The summed E-state index contributed by atoms with van der Waals surface area (Å²) in [4.78, 5) is 27.4. The van der Waals surface area contributed by atoms with E-state index in [9.17, 15) is 9.59 Å². The van der Waals surface area contributed by atoms with Crippen molar-refractivity contribution in [2.24, 2.45) is 0 Å². The molecule has 6 nitrogen and oxygen atoms in total. The summed E-state index contributed by atoms with van der Waals surface area (Å²) in [7, 11) is 1.57. The number of aryl methyl sites for hydroxylation is 1. The van der Waals surface area contributed by atoms with Crippen molar-refractivity contribution in [3.05, 3.63) is 60.2 Å². The average molecular weight is 426 g/mol. The van der Waals surface area contributed by atoms with Crippen molar-refractivity contribution in [1.29, 1.82) is 0 Å². The Hall–Kier alpha value is -2.86. The lowest BCUT2D eigenvalue weighted by Crippen LogP contribution is -2.50. The number of nitrogens with one attached hydrogen (secondary N) is 2. The monoisotopic (exact) mass is 425 g/mol. The minimum absolute atomic E-state index is 0.0564. The zero-order valence-corrected chi connectivity index (χ0v) is 19.1. The third-order valence-electron chi connectivity index (χ3n) is 5.26. The lowest BCUT2D eigenvalue weighted by atomic mass is 10.1. The van der Waals surface area contributed by atoms with Gasteiger partial charge in [0.15, 0.2) is 0 Å². The number of hydrogen-bond donors (Lipinski definition) is 2. The van der Waals surface area contributed by atoms with Crippen molar-refractivity contribution in [3.63, 3.8) is 0 Å². The molecule has 6 heteroatoms. The Kier molecular flexibility index (Phi) is 10.0. The highest BCUT2D eigenvalue weighted by atomic mass is 16.5. The summed E-state index contributed by atoms with van der Waals surface area (Å²) >= 11 is 0. The van der Waals surface area contributed by atoms with Crippen LogP contribution in [0.3, 0.4) is 0 Å². The van der Waals surface area contributed by atoms with Crippen LogP contribution in [-0.2, 0) is 16.0 Å². The number of nitrogens with zero attached hydrogens (tertiary/aromatic N) is 1. The Balaban J connectivity index is 1.89. The summed E-state index contributed by atoms with van der Waals surface area (Å²) in [6, 6.07) is 17.2. The molecule has 0 saturated heterocycles. The van der Waals surface area contributed by atoms with Gasteiger partial charge in [0.1, 0.15) is 5.75 Å². The van der Waals surface area contributed by atoms with E-state index < -0.39 is 6.04 Å². The van der Waals surface area contributed by atoms with Crippen molar-refractivity contribution >= 4 is 17.5 Å². The van der Waals surface area contributed by atoms with Crippen LogP contribution in [0, 0.1) is 0 Å². The summed E-state index contributed by atoms with van der Waals surface area (Å²) in [5.41, 5.74) is 1.88. The highest BCUT2D eigenvalue weighted by molar-refractivity contribution is 5.94. The molecule has 2 N–H and O–H groups in total. The highest BCUT2D eigenvalue weighted by Crippen LogP contribution is 2.23. The van der Waals surface area contributed by atoms with E-state index >= 15 is 0 Å². The third-order valence-corrected chi connectivity index (χ3v) is 5.26. The summed E-state index contributed by atoms with van der Waals surface area (Å²) < 4.78 is 5.29. The molecule has 0 aromatic heterocycles. The predicted octanol–water partition coefficient (Wildman–Crippen LogP) is 3.87. The normalized spacial score (nSPS) is 12.8. The molecule has 0 aliphatic heterocycles. The molecule has 0 spiro atoms. The number of anilines is 1. The Morgan fingerprint density at radius 2 is 1.71 bits per heavy atom. The number of hydrogen-bond acceptors (Lipinski definition) is 4. The molecule has 0 fully saturated rings. The van der Waals surface area contributed by atoms with Gasteiger partial charge >= 0.3 is 0 Å². The van der Waals surface area contributed by atoms with Crippen LogP contribution < -0.4 is 15.4 Å². The number of ether oxygens (including phenoxy) is 1. The van der Waals surface area contributed by atoms with E-state index in [1.54, 1.807) is 19.2 Å². The van der Waals surface area contributed by atoms with E-state index in [1.165, 1.54) is 5.56 Å². The van der Waals surface area contributed by atoms with E-state index in [2.05, 4.69) is 22.8 Å². The molecule has 0 saturated carbocycles. The number of benzene rings is 2. The molecule has 2 aromatic rings. The largest absolute Gasteiger partial charge is 0.495 e. The van der Waals surface area contributed by atoms with Gasteiger partial charge in [-0.3, -0.25) is 14.5 Å². The van der Waals surface area contributed by atoms with Crippen LogP contribution in [0.15, 0.2) is 54.6 Å². The number of para-hydroxylation sites is 2. The zero-order chi connectivity index (χ0) is 22.6. The second kappa shape index (κ2) is 12.7. The Morgan fingerprint density at radius 1 is 1.03 bits per heavy atom. The number of amides is 2. The van der Waals surface area contributed by atoms with Crippen LogP contribution in [0.1, 0.15) is 39.2 Å². The number of rotatable bonds is 12. The van der Waals surface area contributed by atoms with E-state index in [1.807, 2.05) is 56.0 Å². The SMILES string of the molecule is CCCN(CC(=O)Nc1ccccc1OC)[C@H](C)C(=O)N[C@@H](C)CCc1ccccc1. The van der Waals surface area contributed by atoms with Crippen LogP contribution in [0.25, 0.3) is 0 Å². The van der Waals surface area contributed by atoms with Crippen molar-refractivity contribution in [3.8, 4) is 5.75 Å². The number of carbonyl (C=O) groups excluding carboxylic acids is 2. The fraction of sp³-hybridized carbons (Fsp3) is 0.440. The molecule has 0 heterocycles. The molecule has 31 heavy (non-hydrogen) atoms. The van der Waals surface area contributed by atoms with Crippen molar-refractivity contribution in [2.75, 3.05) is 25.5 Å². The van der Waals surface area contributed by atoms with E-state index in [0.29, 0.717) is 18.0 Å². The minimum Gasteiger partial charge on any atom is -0.495 e. The topological polar surface area (TPSA) is 70.7 Å². The molecule has 168 valence electrons. The van der Waals surface area contributed by atoms with Crippen LogP contribution in [0.4, 0.5) is 5.69 Å². The molecule has 0 aliphatic carbocycles. The first-order valence-corrected chi connectivity index (χ1v) is 11.0. The van der Waals surface area contributed by atoms with Gasteiger partial charge in [-0.15, -0.1) is 0 Å². The maximum Gasteiger partial charge on any atom is 0.238 e. The summed E-state index contributed by atoms with van der Waals surface area (Å²) in [5.74, 6) is 0.379. The molecule has 2 rings (SSSR count). The molecular weight excluding hydrogens is 390 g/mol. The minimum atomic E-state index is -0.400. The molecule has 0 bridgehead atoms. The number of methoxy groups -OCH3 is 1. The van der Waals surface area contributed by atoms with Gasteiger partial charge in [-0.2, -0.15) is 0 Å². The predicted molar refractivity (Wildman–Crippen MR) is 125 cm³/mol. The Labute approximate surface area is 186 Å². The maximum absolute atomic E-state index is 12.8. The standard InChI is InChI=1S/C25H35N3O3/c1-5-17-28(18-24(29)27-22-13-9-10-14-23(22)31-4)20(3)25(30)26-19(2)15-16-21-11-7-6-8-12-21/h6-14,19-20H,5,15-18H2,1-4H3,(H,26,30)(H,27,29)/t19-,20+/m0/s1.